The number of benzene rings is 1. The number of thiophene rings is 1. The van der Waals surface area contributed by atoms with Crippen LogP contribution in [0.4, 0.5) is 21.0 Å². The Hall–Kier alpha value is -2.54. The molecule has 1 saturated carbocycles. The van der Waals surface area contributed by atoms with Crippen LogP contribution in [0.15, 0.2) is 36.4 Å². The summed E-state index contributed by atoms with van der Waals surface area (Å²) in [5, 5.41) is 11.2. The van der Waals surface area contributed by atoms with Crippen molar-refractivity contribution >= 4 is 34.8 Å². The minimum Gasteiger partial charge on any atom is -0.335 e. The van der Waals surface area contributed by atoms with Crippen molar-refractivity contribution in [3.63, 3.8) is 0 Å². The van der Waals surface area contributed by atoms with Gasteiger partial charge in [0.05, 0.1) is 6.54 Å². The predicted octanol–water partition coefficient (Wildman–Crippen LogP) is 3.66. The second kappa shape index (κ2) is 7.35. The fourth-order valence-corrected chi connectivity index (χ4v) is 2.97. The lowest BCUT2D eigenvalue weighted by atomic mass is 10.3. The quantitative estimate of drug-likeness (QED) is 0.667. The van der Waals surface area contributed by atoms with Gasteiger partial charge in [0.2, 0.25) is 0 Å². The zero-order valence-corrected chi connectivity index (χ0v) is 14.2. The minimum absolute atomic E-state index is 0.192. The third-order valence-corrected chi connectivity index (χ3v) is 4.53. The number of carbonyl (C=O) groups excluding carboxylic acids is 2. The van der Waals surface area contributed by atoms with E-state index in [1.54, 1.807) is 35.6 Å². The lowest BCUT2D eigenvalue weighted by Crippen LogP contribution is -2.30. The summed E-state index contributed by atoms with van der Waals surface area (Å²) in [6, 6.07) is 10.9. The highest BCUT2D eigenvalue weighted by atomic mass is 32.1. The van der Waals surface area contributed by atoms with Crippen LogP contribution in [0.3, 0.4) is 0 Å². The van der Waals surface area contributed by atoms with E-state index < -0.39 is 0 Å². The number of carbonyl (C=O) groups is 2. The Balaban J connectivity index is 1.44. The summed E-state index contributed by atoms with van der Waals surface area (Å²) in [6.45, 7) is 2.54. The van der Waals surface area contributed by atoms with Gasteiger partial charge in [0.1, 0.15) is 0 Å². The summed E-state index contributed by atoms with van der Waals surface area (Å²) >= 11 is 1.66. The minimum atomic E-state index is -0.256. The van der Waals surface area contributed by atoms with E-state index in [0.717, 1.165) is 17.7 Å². The first-order chi connectivity index (χ1) is 11.6. The molecule has 126 valence electrons. The number of hydrogen-bond donors (Lipinski definition) is 4. The fourth-order valence-electron chi connectivity index (χ4n) is 2.14. The lowest BCUT2D eigenvalue weighted by molar-refractivity contribution is 0.251. The van der Waals surface area contributed by atoms with Crippen LogP contribution in [0, 0.1) is 6.92 Å². The van der Waals surface area contributed by atoms with Crippen molar-refractivity contribution in [1.29, 1.82) is 0 Å². The van der Waals surface area contributed by atoms with E-state index in [9.17, 15) is 9.59 Å². The molecule has 24 heavy (non-hydrogen) atoms. The van der Waals surface area contributed by atoms with Crippen molar-refractivity contribution in [2.24, 2.45) is 0 Å². The number of urea groups is 2. The standard InChI is InChI=1S/C17H20N4O2S/c1-11-2-9-15(24-11)10-18-16(22)19-12-3-5-13(6-4-12)20-17(23)21-14-7-8-14/h2-6,9,14H,7-8,10H2,1H3,(H2,18,19,22)(H2,20,21,23). The second-order valence-electron chi connectivity index (χ2n) is 5.77. The maximum Gasteiger partial charge on any atom is 0.319 e. The van der Waals surface area contributed by atoms with Crippen LogP contribution in [0.5, 0.6) is 0 Å². The van der Waals surface area contributed by atoms with Gasteiger partial charge in [0, 0.05) is 27.2 Å². The first kappa shape index (κ1) is 16.3. The maximum absolute atomic E-state index is 11.9. The van der Waals surface area contributed by atoms with Crippen molar-refractivity contribution in [2.45, 2.75) is 32.4 Å². The maximum atomic E-state index is 11.9. The zero-order chi connectivity index (χ0) is 16.9. The Morgan fingerprint density at radius 2 is 1.62 bits per heavy atom. The summed E-state index contributed by atoms with van der Waals surface area (Å²) in [5.74, 6) is 0. The molecule has 2 aromatic rings. The van der Waals surface area contributed by atoms with Gasteiger partial charge in [-0.2, -0.15) is 0 Å². The summed E-state index contributed by atoms with van der Waals surface area (Å²) < 4.78 is 0. The van der Waals surface area contributed by atoms with Crippen molar-refractivity contribution in [3.8, 4) is 0 Å². The van der Waals surface area contributed by atoms with Crippen molar-refractivity contribution in [3.05, 3.63) is 46.2 Å². The largest absolute Gasteiger partial charge is 0.335 e. The number of aryl methyl sites for hydroxylation is 1. The van der Waals surface area contributed by atoms with E-state index >= 15 is 0 Å². The van der Waals surface area contributed by atoms with Gasteiger partial charge in [0.15, 0.2) is 0 Å². The third-order valence-electron chi connectivity index (χ3n) is 3.53. The monoisotopic (exact) mass is 344 g/mol. The van der Waals surface area contributed by atoms with Gasteiger partial charge in [0.25, 0.3) is 0 Å². The molecule has 1 fully saturated rings. The van der Waals surface area contributed by atoms with Crippen molar-refractivity contribution in [2.75, 3.05) is 10.6 Å². The Bertz CT molecular complexity index is 722. The highest BCUT2D eigenvalue weighted by Gasteiger charge is 2.23. The van der Waals surface area contributed by atoms with Gasteiger partial charge in [-0.1, -0.05) is 0 Å². The number of anilines is 2. The average Bonchev–Trinajstić information content (AvgIpc) is 3.26. The van der Waals surface area contributed by atoms with E-state index in [1.165, 1.54) is 4.88 Å². The molecule has 0 unspecified atom stereocenters. The van der Waals surface area contributed by atoms with Crippen LogP contribution < -0.4 is 21.3 Å². The molecule has 4 N–H and O–H groups in total. The Morgan fingerprint density at radius 1 is 1.00 bits per heavy atom. The molecule has 4 amide bonds. The van der Waals surface area contributed by atoms with E-state index in [4.69, 9.17) is 0 Å². The fraction of sp³-hybridized carbons (Fsp3) is 0.294. The van der Waals surface area contributed by atoms with Gasteiger partial charge in [-0.25, -0.2) is 9.59 Å². The van der Waals surface area contributed by atoms with E-state index in [-0.39, 0.29) is 12.1 Å². The molecule has 0 radical (unpaired) electrons. The highest BCUT2D eigenvalue weighted by molar-refractivity contribution is 7.11. The molecule has 1 aliphatic rings. The van der Waals surface area contributed by atoms with Gasteiger partial charge in [-0.3, -0.25) is 0 Å². The number of amides is 4. The number of hydrogen-bond acceptors (Lipinski definition) is 3. The molecule has 0 aliphatic heterocycles. The summed E-state index contributed by atoms with van der Waals surface area (Å²) in [6.07, 6.45) is 2.10. The number of nitrogens with one attached hydrogen (secondary N) is 4. The van der Waals surface area contributed by atoms with Crippen molar-refractivity contribution in [1.82, 2.24) is 10.6 Å². The van der Waals surface area contributed by atoms with E-state index in [1.807, 2.05) is 19.1 Å². The molecule has 6 nitrogen and oxygen atoms in total. The molecular weight excluding hydrogens is 324 g/mol. The zero-order valence-electron chi connectivity index (χ0n) is 13.4. The van der Waals surface area contributed by atoms with Crippen LogP contribution in [-0.2, 0) is 6.54 Å². The van der Waals surface area contributed by atoms with Crippen LogP contribution in [0.2, 0.25) is 0 Å². The molecule has 0 saturated heterocycles. The van der Waals surface area contributed by atoms with E-state index in [2.05, 4.69) is 21.3 Å². The summed E-state index contributed by atoms with van der Waals surface area (Å²) in [4.78, 5) is 25.9. The van der Waals surface area contributed by atoms with Crippen LogP contribution >= 0.6 is 11.3 Å². The highest BCUT2D eigenvalue weighted by Crippen LogP contribution is 2.19. The average molecular weight is 344 g/mol. The van der Waals surface area contributed by atoms with Gasteiger partial charge < -0.3 is 21.3 Å². The Morgan fingerprint density at radius 3 is 2.17 bits per heavy atom. The first-order valence-corrected chi connectivity index (χ1v) is 8.68. The van der Waals surface area contributed by atoms with Crippen LogP contribution in [-0.4, -0.2) is 18.1 Å². The molecule has 0 spiro atoms. The van der Waals surface area contributed by atoms with Crippen LogP contribution in [0.25, 0.3) is 0 Å². The smallest absolute Gasteiger partial charge is 0.319 e. The third kappa shape index (κ3) is 4.99. The first-order valence-electron chi connectivity index (χ1n) is 7.86. The topological polar surface area (TPSA) is 82.3 Å². The molecule has 1 aromatic heterocycles. The molecule has 3 rings (SSSR count). The Kier molecular flexibility index (Phi) is 5.00. The molecule has 1 aromatic carbocycles. The summed E-state index contributed by atoms with van der Waals surface area (Å²) in [7, 11) is 0. The molecule has 1 aliphatic carbocycles. The SMILES string of the molecule is Cc1ccc(CNC(=O)Nc2ccc(NC(=O)NC3CC3)cc2)s1. The number of rotatable bonds is 5. The molecule has 1 heterocycles. The van der Waals surface area contributed by atoms with Gasteiger partial charge >= 0.3 is 12.1 Å². The molecule has 7 heteroatoms. The molecule has 0 bridgehead atoms. The molecule has 0 atom stereocenters. The molecular formula is C17H20N4O2S. The van der Waals surface area contributed by atoms with Crippen LogP contribution in [0.1, 0.15) is 22.6 Å². The van der Waals surface area contributed by atoms with Crippen molar-refractivity contribution < 1.29 is 9.59 Å². The predicted molar refractivity (Wildman–Crippen MR) is 96.5 cm³/mol. The lowest BCUT2D eigenvalue weighted by Gasteiger charge is -2.09. The second-order valence-corrected chi connectivity index (χ2v) is 7.14. The normalized spacial score (nSPS) is 13.2. The van der Waals surface area contributed by atoms with Gasteiger partial charge in [-0.05, 0) is 56.2 Å². The summed E-state index contributed by atoms with van der Waals surface area (Å²) in [5.41, 5.74) is 1.36. The van der Waals surface area contributed by atoms with Gasteiger partial charge in [-0.15, -0.1) is 11.3 Å². The van der Waals surface area contributed by atoms with E-state index in [0.29, 0.717) is 24.0 Å². The Labute approximate surface area is 144 Å².